The van der Waals surface area contributed by atoms with Gasteiger partial charge in [-0.05, 0) is 47.0 Å². The van der Waals surface area contributed by atoms with E-state index in [0.717, 1.165) is 18.7 Å². The van der Waals surface area contributed by atoms with Crippen LogP contribution >= 0.6 is 0 Å². The number of anilines is 1. The monoisotopic (exact) mass is 561 g/mol. The van der Waals surface area contributed by atoms with Gasteiger partial charge in [-0.25, -0.2) is 0 Å². The number of amides is 2. The van der Waals surface area contributed by atoms with Crippen LogP contribution < -0.4 is 14.8 Å². The van der Waals surface area contributed by atoms with Gasteiger partial charge in [0.2, 0.25) is 5.91 Å². The molecule has 7 heteroatoms. The van der Waals surface area contributed by atoms with Gasteiger partial charge < -0.3 is 19.7 Å². The second-order valence-corrected chi connectivity index (χ2v) is 10.0. The number of nitrogens with one attached hydrogen (secondary N) is 1. The van der Waals surface area contributed by atoms with Crippen molar-refractivity contribution in [3.05, 3.63) is 131 Å². The van der Waals surface area contributed by atoms with Crippen LogP contribution in [-0.4, -0.2) is 62.0 Å². The molecule has 1 aliphatic rings. The predicted molar refractivity (Wildman–Crippen MR) is 166 cm³/mol. The Morgan fingerprint density at radius 3 is 1.95 bits per heavy atom. The van der Waals surface area contributed by atoms with Crippen LogP contribution in [0.3, 0.4) is 0 Å². The van der Waals surface area contributed by atoms with E-state index in [9.17, 15) is 9.59 Å². The second kappa shape index (κ2) is 13.7. The van der Waals surface area contributed by atoms with E-state index in [4.69, 9.17) is 9.47 Å². The predicted octanol–water partition coefficient (Wildman–Crippen LogP) is 5.90. The Labute approximate surface area is 247 Å². The van der Waals surface area contributed by atoms with Crippen LogP contribution in [0.5, 0.6) is 11.5 Å². The lowest BCUT2D eigenvalue weighted by molar-refractivity contribution is -0.111. The van der Waals surface area contributed by atoms with Crippen molar-refractivity contribution < 1.29 is 19.1 Å². The number of hydrogen-bond donors (Lipinski definition) is 1. The third-order valence-corrected chi connectivity index (χ3v) is 7.45. The summed E-state index contributed by atoms with van der Waals surface area (Å²) >= 11 is 0. The van der Waals surface area contributed by atoms with E-state index in [1.807, 2.05) is 35.2 Å². The van der Waals surface area contributed by atoms with Crippen LogP contribution in [0, 0.1) is 0 Å². The topological polar surface area (TPSA) is 71.1 Å². The Balaban J connectivity index is 1.25. The number of methoxy groups -OCH3 is 2. The number of piperazine rings is 1. The summed E-state index contributed by atoms with van der Waals surface area (Å²) in [5.74, 6) is 0.770. The van der Waals surface area contributed by atoms with E-state index in [2.05, 4.69) is 58.7 Å². The van der Waals surface area contributed by atoms with Crippen LogP contribution in [-0.2, 0) is 4.79 Å². The van der Waals surface area contributed by atoms with E-state index in [0.29, 0.717) is 35.8 Å². The minimum Gasteiger partial charge on any atom is -0.493 e. The van der Waals surface area contributed by atoms with E-state index < -0.39 is 0 Å². The molecule has 0 unspecified atom stereocenters. The molecule has 7 nitrogen and oxygen atoms in total. The van der Waals surface area contributed by atoms with Crippen molar-refractivity contribution in [2.75, 3.05) is 45.7 Å². The van der Waals surface area contributed by atoms with Crippen molar-refractivity contribution in [1.29, 1.82) is 0 Å². The highest BCUT2D eigenvalue weighted by atomic mass is 16.5. The fraction of sp³-hybridized carbons (Fsp3) is 0.200. The first-order chi connectivity index (χ1) is 20.6. The third-order valence-electron chi connectivity index (χ3n) is 7.45. The number of benzene rings is 4. The normalized spacial score (nSPS) is 13.7. The molecule has 1 fully saturated rings. The zero-order valence-corrected chi connectivity index (χ0v) is 23.9. The lowest BCUT2D eigenvalue weighted by atomic mass is 9.96. The summed E-state index contributed by atoms with van der Waals surface area (Å²) in [5, 5.41) is 2.88. The maximum Gasteiger partial charge on any atom is 0.256 e. The van der Waals surface area contributed by atoms with E-state index >= 15 is 0 Å². The molecule has 0 aliphatic carbocycles. The Kier molecular flexibility index (Phi) is 9.31. The molecule has 0 atom stereocenters. The van der Waals surface area contributed by atoms with Crippen LogP contribution in [0.4, 0.5) is 5.69 Å². The van der Waals surface area contributed by atoms with Crippen molar-refractivity contribution in [1.82, 2.24) is 9.80 Å². The van der Waals surface area contributed by atoms with Crippen LogP contribution in [0.2, 0.25) is 0 Å². The van der Waals surface area contributed by atoms with Crippen molar-refractivity contribution in [3.8, 4) is 11.5 Å². The van der Waals surface area contributed by atoms with E-state index in [-0.39, 0.29) is 17.9 Å². The molecule has 0 saturated carbocycles. The Hall–Kier alpha value is -4.88. The first kappa shape index (κ1) is 28.6. The van der Waals surface area contributed by atoms with Crippen LogP contribution in [0.15, 0.2) is 109 Å². The van der Waals surface area contributed by atoms with Gasteiger partial charge in [-0.3, -0.25) is 14.5 Å². The summed E-state index contributed by atoms with van der Waals surface area (Å²) in [6, 6.07) is 33.7. The van der Waals surface area contributed by atoms with Crippen molar-refractivity contribution >= 4 is 23.6 Å². The van der Waals surface area contributed by atoms with Gasteiger partial charge in [0.05, 0.1) is 31.5 Å². The zero-order valence-electron chi connectivity index (χ0n) is 23.9. The number of carbonyl (C=O) groups excluding carboxylic acids is 2. The third kappa shape index (κ3) is 6.70. The number of hydrogen-bond acceptors (Lipinski definition) is 5. The average molecular weight is 562 g/mol. The van der Waals surface area contributed by atoms with Gasteiger partial charge in [-0.1, -0.05) is 78.9 Å². The van der Waals surface area contributed by atoms with Gasteiger partial charge in [-0.15, -0.1) is 0 Å². The smallest absolute Gasteiger partial charge is 0.256 e. The maximum absolute atomic E-state index is 13.6. The zero-order chi connectivity index (χ0) is 29.3. The molecule has 0 bridgehead atoms. The van der Waals surface area contributed by atoms with E-state index in [1.165, 1.54) is 17.2 Å². The van der Waals surface area contributed by atoms with Crippen molar-refractivity contribution in [2.45, 2.75) is 6.04 Å². The number of para-hydroxylation sites is 1. The molecule has 1 aliphatic heterocycles. The molecule has 0 spiro atoms. The lowest BCUT2D eigenvalue weighted by Crippen LogP contribution is -2.50. The highest BCUT2D eigenvalue weighted by molar-refractivity contribution is 6.07. The van der Waals surface area contributed by atoms with Gasteiger partial charge in [0.15, 0.2) is 11.5 Å². The molecule has 42 heavy (non-hydrogen) atoms. The van der Waals surface area contributed by atoms with Crippen molar-refractivity contribution in [2.24, 2.45) is 0 Å². The quantitative estimate of drug-likeness (QED) is 0.258. The lowest BCUT2D eigenvalue weighted by Gasteiger charge is -2.40. The number of carbonyl (C=O) groups is 2. The number of nitrogens with zero attached hydrogens (tertiary/aromatic N) is 2. The molecule has 1 N–H and O–H groups in total. The largest absolute Gasteiger partial charge is 0.493 e. The molecule has 0 radical (unpaired) electrons. The average Bonchev–Trinajstić information content (AvgIpc) is 3.05. The first-order valence-corrected chi connectivity index (χ1v) is 14.0. The van der Waals surface area contributed by atoms with Gasteiger partial charge >= 0.3 is 0 Å². The van der Waals surface area contributed by atoms with Crippen molar-refractivity contribution in [3.63, 3.8) is 0 Å². The summed E-state index contributed by atoms with van der Waals surface area (Å²) in [6.45, 7) is 2.67. The van der Waals surface area contributed by atoms with Crippen LogP contribution in [0.25, 0.3) is 6.08 Å². The van der Waals surface area contributed by atoms with Gasteiger partial charge in [0.1, 0.15) is 0 Å². The molecular formula is C35H35N3O4. The molecule has 2 amide bonds. The highest BCUT2D eigenvalue weighted by Gasteiger charge is 2.29. The van der Waals surface area contributed by atoms with Gasteiger partial charge in [0.25, 0.3) is 5.91 Å². The molecule has 1 saturated heterocycles. The fourth-order valence-corrected chi connectivity index (χ4v) is 5.32. The second-order valence-electron chi connectivity index (χ2n) is 10.0. The molecule has 0 aromatic heterocycles. The minimum absolute atomic E-state index is 0.0922. The summed E-state index contributed by atoms with van der Waals surface area (Å²) in [5.41, 5.74) is 4.21. The number of ether oxygens (including phenoxy) is 2. The molecule has 4 aromatic carbocycles. The van der Waals surface area contributed by atoms with Gasteiger partial charge in [0, 0.05) is 32.3 Å². The summed E-state index contributed by atoms with van der Waals surface area (Å²) in [4.78, 5) is 30.8. The van der Waals surface area contributed by atoms with E-state index in [1.54, 1.807) is 44.6 Å². The first-order valence-electron chi connectivity index (χ1n) is 14.0. The molecule has 214 valence electrons. The SMILES string of the molecule is COc1ccc(C=CC(=O)Nc2ccccc2C(=O)N2CCN(C(c3ccccc3)c3ccccc3)CC2)cc1OC. The Morgan fingerprint density at radius 2 is 1.33 bits per heavy atom. The summed E-state index contributed by atoms with van der Waals surface area (Å²) in [6.07, 6.45) is 3.13. The fourth-order valence-electron chi connectivity index (χ4n) is 5.32. The van der Waals surface area contributed by atoms with Crippen LogP contribution in [0.1, 0.15) is 33.1 Å². The molecule has 4 aromatic rings. The Bertz CT molecular complexity index is 1490. The summed E-state index contributed by atoms with van der Waals surface area (Å²) < 4.78 is 10.6. The maximum atomic E-state index is 13.6. The number of rotatable bonds is 9. The minimum atomic E-state index is -0.330. The molecule has 5 rings (SSSR count). The molecular weight excluding hydrogens is 526 g/mol. The standard InChI is InChI=1S/C35H35N3O4/c1-41-31-19-17-26(25-32(31)42-2)18-20-33(39)36-30-16-10-9-15-29(30)35(40)38-23-21-37(22-24-38)34(27-11-5-3-6-12-27)28-13-7-4-8-14-28/h3-20,25,34H,21-24H2,1-2H3,(H,36,39). The highest BCUT2D eigenvalue weighted by Crippen LogP contribution is 2.30. The molecule has 1 heterocycles. The Morgan fingerprint density at radius 1 is 0.738 bits per heavy atom. The summed E-state index contributed by atoms with van der Waals surface area (Å²) in [7, 11) is 3.14. The van der Waals surface area contributed by atoms with Gasteiger partial charge in [-0.2, -0.15) is 0 Å².